The number of amides is 3. The fraction of sp³-hybridized carbons (Fsp3) is 0.381. The summed E-state index contributed by atoms with van der Waals surface area (Å²) in [5.41, 5.74) is 18.3. The van der Waals surface area contributed by atoms with Crippen molar-refractivity contribution in [2.24, 2.45) is 17.2 Å². The molecule has 10 heteroatoms. The fourth-order valence-electron chi connectivity index (χ4n) is 3.73. The van der Waals surface area contributed by atoms with E-state index in [2.05, 4.69) is 5.32 Å². The Labute approximate surface area is 183 Å². The number of carbonyl (C=O) groups is 3. The highest BCUT2D eigenvalue weighted by Crippen LogP contribution is 2.42. The molecule has 0 radical (unpaired) electrons. The standard InChI is InChI=1S/C21H26N4O5S/c22-15(20(27)28)7-8-30-16-6-5-12(9-13(16)11-3-1-2-4-11)17-10-14(18(23)26)19(31-17)25-21(24)29/h5-6,9-11,15H,1-4,7-8,22H2,(H2,23,26)(H,27,28)(H3,24,25,29)/t15-/m1/s1. The number of hydrogen-bond acceptors (Lipinski definition) is 6. The van der Waals surface area contributed by atoms with Gasteiger partial charge in [-0.05, 0) is 54.2 Å². The van der Waals surface area contributed by atoms with Gasteiger partial charge in [0.05, 0.1) is 12.2 Å². The van der Waals surface area contributed by atoms with E-state index >= 15 is 0 Å². The number of carbonyl (C=O) groups excluding carboxylic acids is 2. The van der Waals surface area contributed by atoms with Crippen molar-refractivity contribution in [3.8, 4) is 16.2 Å². The summed E-state index contributed by atoms with van der Waals surface area (Å²) in [6, 6.07) is 5.62. The largest absolute Gasteiger partial charge is 0.493 e. The smallest absolute Gasteiger partial charge is 0.320 e. The second-order valence-corrected chi connectivity index (χ2v) is 8.58. The lowest BCUT2D eigenvalue weighted by Crippen LogP contribution is -2.31. The first-order valence-electron chi connectivity index (χ1n) is 10.0. The molecular formula is C21H26N4O5S. The zero-order valence-corrected chi connectivity index (χ0v) is 17.7. The summed E-state index contributed by atoms with van der Waals surface area (Å²) in [5, 5.41) is 11.7. The third kappa shape index (κ3) is 5.53. The predicted molar refractivity (Wildman–Crippen MR) is 118 cm³/mol. The number of rotatable bonds is 9. The number of carboxylic acid groups (broad SMARTS) is 1. The summed E-state index contributed by atoms with van der Waals surface area (Å²) in [7, 11) is 0. The molecule has 31 heavy (non-hydrogen) atoms. The predicted octanol–water partition coefficient (Wildman–Crippen LogP) is 2.84. The van der Waals surface area contributed by atoms with E-state index in [9.17, 15) is 14.4 Å². The average molecular weight is 447 g/mol. The molecule has 9 nitrogen and oxygen atoms in total. The summed E-state index contributed by atoms with van der Waals surface area (Å²) >= 11 is 1.22. The average Bonchev–Trinajstić information content (AvgIpc) is 3.37. The molecule has 1 heterocycles. The van der Waals surface area contributed by atoms with Gasteiger partial charge < -0.3 is 27.0 Å². The number of nitrogens with one attached hydrogen (secondary N) is 1. The van der Waals surface area contributed by atoms with E-state index in [1.54, 1.807) is 6.07 Å². The summed E-state index contributed by atoms with van der Waals surface area (Å²) in [6.07, 6.45) is 4.56. The van der Waals surface area contributed by atoms with Crippen LogP contribution in [0.3, 0.4) is 0 Å². The van der Waals surface area contributed by atoms with E-state index < -0.39 is 23.9 Å². The number of benzene rings is 1. The molecule has 8 N–H and O–H groups in total. The Hall–Kier alpha value is -3.11. The van der Waals surface area contributed by atoms with Gasteiger partial charge in [0, 0.05) is 11.3 Å². The number of urea groups is 1. The van der Waals surface area contributed by atoms with Gasteiger partial charge in [0.15, 0.2) is 0 Å². The summed E-state index contributed by atoms with van der Waals surface area (Å²) in [5.74, 6) is -0.674. The Bertz CT molecular complexity index is 984. The van der Waals surface area contributed by atoms with Crippen molar-refractivity contribution in [1.29, 1.82) is 0 Å². The van der Waals surface area contributed by atoms with Crippen LogP contribution in [0, 0.1) is 0 Å². The van der Waals surface area contributed by atoms with E-state index in [-0.39, 0.29) is 18.6 Å². The van der Waals surface area contributed by atoms with Crippen molar-refractivity contribution in [2.75, 3.05) is 11.9 Å². The van der Waals surface area contributed by atoms with Gasteiger partial charge in [-0.15, -0.1) is 11.3 Å². The maximum atomic E-state index is 11.8. The number of thiophene rings is 1. The summed E-state index contributed by atoms with van der Waals surface area (Å²) < 4.78 is 5.89. The molecule has 0 spiro atoms. The van der Waals surface area contributed by atoms with Gasteiger partial charge in [0.25, 0.3) is 5.91 Å². The molecule has 0 saturated heterocycles. The normalized spacial score (nSPS) is 14.9. The van der Waals surface area contributed by atoms with Crippen LogP contribution < -0.4 is 27.3 Å². The van der Waals surface area contributed by atoms with Gasteiger partial charge in [0.2, 0.25) is 0 Å². The van der Waals surface area contributed by atoms with Crippen molar-refractivity contribution in [1.82, 2.24) is 0 Å². The number of nitrogens with two attached hydrogens (primary N) is 3. The van der Waals surface area contributed by atoms with Crippen molar-refractivity contribution in [3.63, 3.8) is 0 Å². The van der Waals surface area contributed by atoms with Crippen LogP contribution in [-0.4, -0.2) is 35.7 Å². The molecule has 3 amide bonds. The minimum atomic E-state index is -1.06. The fourth-order valence-corrected chi connectivity index (χ4v) is 4.79. The first kappa shape index (κ1) is 22.6. The summed E-state index contributed by atoms with van der Waals surface area (Å²) in [6.45, 7) is 0.198. The molecule has 1 aliphatic rings. The number of anilines is 1. The van der Waals surface area contributed by atoms with Crippen molar-refractivity contribution in [3.05, 3.63) is 35.4 Å². The van der Waals surface area contributed by atoms with Crippen LogP contribution in [0.1, 0.15) is 53.9 Å². The molecule has 1 fully saturated rings. The third-order valence-electron chi connectivity index (χ3n) is 5.33. The van der Waals surface area contributed by atoms with Gasteiger partial charge >= 0.3 is 12.0 Å². The van der Waals surface area contributed by atoms with Gasteiger partial charge in [-0.3, -0.25) is 14.9 Å². The molecule has 0 bridgehead atoms. The van der Waals surface area contributed by atoms with Crippen LogP contribution in [0.4, 0.5) is 9.80 Å². The quantitative estimate of drug-likeness (QED) is 0.396. The Kier molecular flexibility index (Phi) is 7.13. The van der Waals surface area contributed by atoms with Crippen LogP contribution in [0.2, 0.25) is 0 Å². The minimum Gasteiger partial charge on any atom is -0.493 e. The molecule has 3 rings (SSSR count). The van der Waals surface area contributed by atoms with Crippen molar-refractivity contribution in [2.45, 2.75) is 44.1 Å². The van der Waals surface area contributed by atoms with Crippen LogP contribution >= 0.6 is 11.3 Å². The second-order valence-electron chi connectivity index (χ2n) is 7.52. The van der Waals surface area contributed by atoms with Gasteiger partial charge in [-0.25, -0.2) is 4.79 Å². The zero-order valence-electron chi connectivity index (χ0n) is 16.9. The number of hydrogen-bond donors (Lipinski definition) is 5. The Balaban J connectivity index is 1.90. The third-order valence-corrected chi connectivity index (χ3v) is 6.43. The lowest BCUT2D eigenvalue weighted by Gasteiger charge is -2.18. The van der Waals surface area contributed by atoms with Gasteiger partial charge in [-0.2, -0.15) is 0 Å². The maximum Gasteiger partial charge on any atom is 0.320 e. The van der Waals surface area contributed by atoms with Gasteiger partial charge in [0.1, 0.15) is 16.8 Å². The van der Waals surface area contributed by atoms with E-state index in [1.165, 1.54) is 11.3 Å². The number of aliphatic carboxylic acids is 1. The first-order valence-corrected chi connectivity index (χ1v) is 10.8. The van der Waals surface area contributed by atoms with Crippen molar-refractivity contribution < 1.29 is 24.2 Å². The van der Waals surface area contributed by atoms with E-state index in [0.29, 0.717) is 16.7 Å². The van der Waals surface area contributed by atoms with Crippen LogP contribution in [0.25, 0.3) is 10.4 Å². The van der Waals surface area contributed by atoms with Crippen LogP contribution in [-0.2, 0) is 4.79 Å². The van der Waals surface area contributed by atoms with E-state index in [1.807, 2.05) is 18.2 Å². The second kappa shape index (κ2) is 9.80. The highest BCUT2D eigenvalue weighted by Gasteiger charge is 2.23. The molecule has 1 saturated carbocycles. The summed E-state index contributed by atoms with van der Waals surface area (Å²) in [4.78, 5) is 34.7. The van der Waals surface area contributed by atoms with Crippen molar-refractivity contribution >= 4 is 34.2 Å². The topological polar surface area (TPSA) is 171 Å². The Morgan fingerprint density at radius 3 is 2.52 bits per heavy atom. The molecule has 1 atom stereocenters. The minimum absolute atomic E-state index is 0.198. The van der Waals surface area contributed by atoms with Gasteiger partial charge in [-0.1, -0.05) is 12.8 Å². The molecular weight excluding hydrogens is 420 g/mol. The van der Waals surface area contributed by atoms with E-state index in [0.717, 1.165) is 41.7 Å². The lowest BCUT2D eigenvalue weighted by atomic mass is 9.94. The first-order chi connectivity index (χ1) is 14.8. The molecule has 1 aliphatic carbocycles. The highest BCUT2D eigenvalue weighted by molar-refractivity contribution is 7.20. The number of carboxylic acids is 1. The molecule has 0 aliphatic heterocycles. The maximum absolute atomic E-state index is 11.8. The Morgan fingerprint density at radius 2 is 1.90 bits per heavy atom. The monoisotopic (exact) mass is 446 g/mol. The zero-order chi connectivity index (χ0) is 22.5. The molecule has 0 unspecified atom stereocenters. The van der Waals surface area contributed by atoms with Crippen LogP contribution in [0.5, 0.6) is 5.75 Å². The lowest BCUT2D eigenvalue weighted by molar-refractivity contribution is -0.138. The number of ether oxygens (including phenoxy) is 1. The SMILES string of the molecule is NC(=O)Nc1sc(-c2ccc(OCC[C@@H](N)C(=O)O)c(C3CCCC3)c2)cc1C(N)=O. The number of primary amides is 2. The molecule has 2 aromatic rings. The molecule has 1 aromatic carbocycles. The molecule has 166 valence electrons. The van der Waals surface area contributed by atoms with E-state index in [4.69, 9.17) is 27.0 Å². The highest BCUT2D eigenvalue weighted by atomic mass is 32.1. The van der Waals surface area contributed by atoms with Crippen LogP contribution in [0.15, 0.2) is 24.3 Å². The molecule has 1 aromatic heterocycles. The Morgan fingerprint density at radius 1 is 1.19 bits per heavy atom.